The molecule has 11 nitrogen and oxygen atoms in total. The van der Waals surface area contributed by atoms with Crippen LogP contribution in [-0.4, -0.2) is 53.7 Å². The largest absolute Gasteiger partial charge is 0.409 e. The Labute approximate surface area is 161 Å². The van der Waals surface area contributed by atoms with Gasteiger partial charge in [-0.3, -0.25) is 0 Å². The first kappa shape index (κ1) is 19.5. The monoisotopic (exact) mass is 463 g/mol. The van der Waals surface area contributed by atoms with Gasteiger partial charge in [0.25, 0.3) is 10.2 Å². The molecule has 2 heterocycles. The Morgan fingerprint density at radius 2 is 2.22 bits per heavy atom. The van der Waals surface area contributed by atoms with Gasteiger partial charge in [-0.25, -0.2) is 14.2 Å². The number of anilines is 2. The van der Waals surface area contributed by atoms with Crippen LogP contribution in [-0.2, 0) is 10.2 Å². The highest BCUT2D eigenvalue weighted by Gasteiger charge is 2.33. The van der Waals surface area contributed by atoms with Gasteiger partial charge < -0.3 is 15.8 Å². The zero-order valence-corrected chi connectivity index (χ0v) is 16.0. The standard InChI is InChI=1S/C13H15BrFN7O4S/c14-9-3-8(1-2-10(9)15)18-13(19-23)11-12(21-26-20-11)17-4-7-5-22(6-7)27(16,24)25/h1-3,7,23H,4-6H2,(H,17,21)(H,18,19)(H2,16,24,25). The number of nitrogens with one attached hydrogen (secondary N) is 2. The van der Waals surface area contributed by atoms with Crippen molar-refractivity contribution in [1.29, 1.82) is 0 Å². The zero-order valence-electron chi connectivity index (χ0n) is 13.6. The van der Waals surface area contributed by atoms with Crippen LogP contribution < -0.4 is 15.8 Å². The number of halogens is 2. The molecule has 1 aromatic carbocycles. The summed E-state index contributed by atoms with van der Waals surface area (Å²) >= 11 is 3.06. The summed E-state index contributed by atoms with van der Waals surface area (Å²) in [7, 11) is -3.67. The Morgan fingerprint density at radius 1 is 1.48 bits per heavy atom. The fraction of sp³-hybridized carbons (Fsp3) is 0.308. The van der Waals surface area contributed by atoms with E-state index in [-0.39, 0.29) is 40.8 Å². The second kappa shape index (κ2) is 7.75. The number of nitrogens with zero attached hydrogens (tertiary/aromatic N) is 4. The van der Waals surface area contributed by atoms with Crippen LogP contribution in [0.2, 0.25) is 0 Å². The third-order valence-electron chi connectivity index (χ3n) is 3.84. The lowest BCUT2D eigenvalue weighted by Crippen LogP contribution is -2.54. The van der Waals surface area contributed by atoms with Crippen molar-refractivity contribution in [3.8, 4) is 0 Å². The average molecular weight is 464 g/mol. The number of aromatic nitrogens is 2. The molecule has 0 saturated carbocycles. The number of rotatable bonds is 6. The first-order chi connectivity index (χ1) is 12.8. The molecule has 0 aliphatic carbocycles. The molecule has 2 aromatic rings. The third kappa shape index (κ3) is 4.52. The molecule has 1 aliphatic rings. The molecule has 146 valence electrons. The molecule has 0 spiro atoms. The van der Waals surface area contributed by atoms with Crippen molar-refractivity contribution in [2.75, 3.05) is 30.3 Å². The van der Waals surface area contributed by atoms with E-state index in [1.54, 1.807) is 0 Å². The quantitative estimate of drug-likeness (QED) is 0.211. The highest BCUT2D eigenvalue weighted by Crippen LogP contribution is 2.22. The minimum Gasteiger partial charge on any atom is -0.409 e. The topological polar surface area (TPSA) is 159 Å². The fourth-order valence-electron chi connectivity index (χ4n) is 2.40. The fourth-order valence-corrected chi connectivity index (χ4v) is 3.62. The minimum absolute atomic E-state index is 0.0309. The van der Waals surface area contributed by atoms with Gasteiger partial charge in [0.2, 0.25) is 11.7 Å². The molecule has 14 heteroatoms. The van der Waals surface area contributed by atoms with E-state index in [1.165, 1.54) is 18.2 Å². The molecule has 1 aliphatic heterocycles. The van der Waals surface area contributed by atoms with Crippen LogP contribution in [0.1, 0.15) is 5.69 Å². The Morgan fingerprint density at radius 3 is 2.85 bits per heavy atom. The van der Waals surface area contributed by atoms with Crippen molar-refractivity contribution < 1.29 is 22.6 Å². The van der Waals surface area contributed by atoms with E-state index in [9.17, 15) is 18.0 Å². The minimum atomic E-state index is -3.67. The second-order valence-corrected chi connectivity index (χ2v) is 8.17. The van der Waals surface area contributed by atoms with Crippen LogP contribution in [0.3, 0.4) is 0 Å². The summed E-state index contributed by atoms with van der Waals surface area (Å²) in [5.74, 6) is -0.284. The van der Waals surface area contributed by atoms with Gasteiger partial charge in [0.05, 0.1) is 4.47 Å². The molecule has 0 unspecified atom stereocenters. The van der Waals surface area contributed by atoms with Crippen LogP contribution in [0.5, 0.6) is 0 Å². The maximum Gasteiger partial charge on any atom is 0.276 e. The van der Waals surface area contributed by atoms with Gasteiger partial charge in [-0.1, -0.05) is 5.16 Å². The third-order valence-corrected chi connectivity index (χ3v) is 5.46. The van der Waals surface area contributed by atoms with Gasteiger partial charge in [0, 0.05) is 31.2 Å². The van der Waals surface area contributed by atoms with E-state index >= 15 is 0 Å². The maximum absolute atomic E-state index is 13.3. The molecular weight excluding hydrogens is 449 g/mol. The molecule has 1 saturated heterocycles. The molecule has 0 atom stereocenters. The molecule has 1 aromatic heterocycles. The summed E-state index contributed by atoms with van der Waals surface area (Å²) in [5.41, 5.74) is 0.536. The molecule has 0 radical (unpaired) electrons. The van der Waals surface area contributed by atoms with Gasteiger partial charge in [-0.05, 0) is 44.4 Å². The van der Waals surface area contributed by atoms with Crippen LogP contribution in [0, 0.1) is 11.7 Å². The number of hydrogen-bond donors (Lipinski definition) is 4. The summed E-state index contributed by atoms with van der Waals surface area (Å²) < 4.78 is 41.7. The van der Waals surface area contributed by atoms with E-state index in [0.717, 1.165) is 4.31 Å². The Balaban J connectivity index is 1.64. The Hall–Kier alpha value is -2.29. The molecule has 1 fully saturated rings. The van der Waals surface area contributed by atoms with E-state index in [2.05, 4.69) is 46.7 Å². The van der Waals surface area contributed by atoms with Crippen molar-refractivity contribution in [1.82, 2.24) is 14.6 Å². The van der Waals surface area contributed by atoms with Gasteiger partial charge in [0.15, 0.2) is 5.69 Å². The van der Waals surface area contributed by atoms with Crippen molar-refractivity contribution in [2.24, 2.45) is 16.2 Å². The Bertz CT molecular complexity index is 961. The lowest BCUT2D eigenvalue weighted by molar-refractivity contribution is 0.211. The van der Waals surface area contributed by atoms with Crippen LogP contribution >= 0.6 is 15.9 Å². The molecule has 3 rings (SSSR count). The van der Waals surface area contributed by atoms with Gasteiger partial charge in [0.1, 0.15) is 5.82 Å². The molecule has 0 bridgehead atoms. The van der Waals surface area contributed by atoms with Gasteiger partial charge >= 0.3 is 0 Å². The molecule has 5 N–H and O–H groups in total. The van der Waals surface area contributed by atoms with Gasteiger partial charge in [-0.15, -0.1) is 0 Å². The average Bonchev–Trinajstić information content (AvgIpc) is 3.01. The molecule has 0 amide bonds. The van der Waals surface area contributed by atoms with Crippen LogP contribution in [0.4, 0.5) is 15.9 Å². The van der Waals surface area contributed by atoms with Crippen LogP contribution in [0.15, 0.2) is 32.5 Å². The lowest BCUT2D eigenvalue weighted by atomic mass is 10.0. The van der Waals surface area contributed by atoms with E-state index < -0.39 is 16.0 Å². The van der Waals surface area contributed by atoms with Crippen molar-refractivity contribution in [3.05, 3.63) is 34.2 Å². The molecular formula is C13H15BrFN7O4S. The SMILES string of the molecule is NS(=O)(=O)N1CC(CNc2nonc2C(=NO)Nc2ccc(F)c(Br)c2)C1. The lowest BCUT2D eigenvalue weighted by Gasteiger charge is -2.36. The summed E-state index contributed by atoms with van der Waals surface area (Å²) in [6.45, 7) is 0.957. The second-order valence-electron chi connectivity index (χ2n) is 5.77. The number of nitrogens with two attached hydrogens (primary N) is 1. The Kier molecular flexibility index (Phi) is 5.59. The normalized spacial score (nSPS) is 16.2. The maximum atomic E-state index is 13.3. The van der Waals surface area contributed by atoms with E-state index in [4.69, 9.17) is 5.14 Å². The van der Waals surface area contributed by atoms with E-state index in [0.29, 0.717) is 12.2 Å². The number of amidine groups is 1. The van der Waals surface area contributed by atoms with E-state index in [1.807, 2.05) is 0 Å². The smallest absolute Gasteiger partial charge is 0.276 e. The first-order valence-corrected chi connectivity index (χ1v) is 9.86. The molecule has 27 heavy (non-hydrogen) atoms. The van der Waals surface area contributed by atoms with Crippen molar-refractivity contribution >= 4 is 43.5 Å². The zero-order chi connectivity index (χ0) is 19.6. The van der Waals surface area contributed by atoms with Crippen molar-refractivity contribution in [2.45, 2.75) is 0 Å². The summed E-state index contributed by atoms with van der Waals surface area (Å²) in [4.78, 5) is 0. The number of oxime groups is 1. The number of hydrogen-bond acceptors (Lipinski definition) is 8. The highest BCUT2D eigenvalue weighted by molar-refractivity contribution is 9.10. The number of benzene rings is 1. The van der Waals surface area contributed by atoms with Gasteiger partial charge in [-0.2, -0.15) is 12.7 Å². The first-order valence-electron chi connectivity index (χ1n) is 7.56. The highest BCUT2D eigenvalue weighted by atomic mass is 79.9. The summed E-state index contributed by atoms with van der Waals surface area (Å²) in [6.07, 6.45) is 0. The summed E-state index contributed by atoms with van der Waals surface area (Å²) in [5, 5.41) is 30.6. The predicted octanol–water partition coefficient (Wildman–Crippen LogP) is 0.766. The predicted molar refractivity (Wildman–Crippen MR) is 97.0 cm³/mol. The van der Waals surface area contributed by atoms with Crippen LogP contribution in [0.25, 0.3) is 0 Å². The van der Waals surface area contributed by atoms with Crippen molar-refractivity contribution in [3.63, 3.8) is 0 Å². The summed E-state index contributed by atoms with van der Waals surface area (Å²) in [6, 6.07) is 4.13.